The zero-order valence-corrected chi connectivity index (χ0v) is 11.9. The van der Waals surface area contributed by atoms with Gasteiger partial charge in [-0.15, -0.1) is 0 Å². The van der Waals surface area contributed by atoms with E-state index in [1.165, 1.54) is 4.90 Å². The largest absolute Gasteiger partial charge is 0.481 e. The number of carbonyl (C=O) groups is 3. The van der Waals surface area contributed by atoms with Crippen molar-refractivity contribution < 1.29 is 19.5 Å². The van der Waals surface area contributed by atoms with E-state index in [-0.39, 0.29) is 19.3 Å². The molecule has 0 aliphatic heterocycles. The first-order valence-electron chi connectivity index (χ1n) is 6.65. The summed E-state index contributed by atoms with van der Waals surface area (Å²) in [6.45, 7) is 0.436. The third-order valence-corrected chi connectivity index (χ3v) is 2.82. The molecule has 0 bridgehead atoms. The summed E-state index contributed by atoms with van der Waals surface area (Å²) in [5, 5.41) is 10.7. The van der Waals surface area contributed by atoms with E-state index in [0.29, 0.717) is 13.0 Å². The number of imide groups is 1. The third-order valence-electron chi connectivity index (χ3n) is 2.82. The molecule has 21 heavy (non-hydrogen) atoms. The van der Waals surface area contributed by atoms with E-state index in [4.69, 9.17) is 5.11 Å². The molecule has 0 aliphatic carbocycles. The summed E-state index contributed by atoms with van der Waals surface area (Å²) in [5.41, 5.74) is 0.866. The van der Waals surface area contributed by atoms with Crippen molar-refractivity contribution in [2.75, 3.05) is 13.6 Å². The van der Waals surface area contributed by atoms with Gasteiger partial charge >= 0.3 is 12.0 Å². The number of hydrogen-bond donors (Lipinski definition) is 2. The molecule has 0 radical (unpaired) electrons. The maximum absolute atomic E-state index is 11.7. The Bertz CT molecular complexity index is 490. The van der Waals surface area contributed by atoms with Gasteiger partial charge in [-0.05, 0) is 18.6 Å². The van der Waals surface area contributed by atoms with Crippen LogP contribution in [0.4, 0.5) is 4.79 Å². The second-order valence-corrected chi connectivity index (χ2v) is 4.59. The summed E-state index contributed by atoms with van der Waals surface area (Å²) < 4.78 is 0. The van der Waals surface area contributed by atoms with Gasteiger partial charge in [0.25, 0.3) is 0 Å². The third kappa shape index (κ3) is 7.05. The highest BCUT2D eigenvalue weighted by molar-refractivity contribution is 5.94. The molecule has 0 spiro atoms. The minimum Gasteiger partial charge on any atom is -0.481 e. The predicted octanol–water partition coefficient (Wildman–Crippen LogP) is 1.05. The molecule has 7 heteroatoms. The number of nitrogens with one attached hydrogen (secondary N) is 1. The van der Waals surface area contributed by atoms with Gasteiger partial charge in [0, 0.05) is 44.7 Å². The number of carbonyl (C=O) groups excluding carboxylic acids is 2. The van der Waals surface area contributed by atoms with Gasteiger partial charge in [0.1, 0.15) is 0 Å². The Morgan fingerprint density at radius 2 is 2.05 bits per heavy atom. The van der Waals surface area contributed by atoms with E-state index in [1.54, 1.807) is 13.2 Å². The molecule has 114 valence electrons. The fraction of sp³-hybridized carbons (Fsp3) is 0.429. The molecule has 1 aromatic heterocycles. The van der Waals surface area contributed by atoms with Gasteiger partial charge in [-0.3, -0.25) is 19.9 Å². The highest BCUT2D eigenvalue weighted by Gasteiger charge is 2.12. The number of pyridine rings is 1. The lowest BCUT2D eigenvalue weighted by atomic mass is 10.2. The molecule has 7 nitrogen and oxygen atoms in total. The quantitative estimate of drug-likeness (QED) is 0.782. The van der Waals surface area contributed by atoms with Crippen molar-refractivity contribution in [1.29, 1.82) is 0 Å². The van der Waals surface area contributed by atoms with Crippen LogP contribution in [0.25, 0.3) is 0 Å². The molecule has 1 rings (SSSR count). The molecule has 2 N–H and O–H groups in total. The molecule has 1 heterocycles. The van der Waals surface area contributed by atoms with Crippen molar-refractivity contribution in [3.8, 4) is 0 Å². The maximum atomic E-state index is 11.7. The minimum atomic E-state index is -0.957. The fourth-order valence-electron chi connectivity index (χ4n) is 1.61. The lowest BCUT2D eigenvalue weighted by Gasteiger charge is -2.17. The normalized spacial score (nSPS) is 9.95. The number of carboxylic acids is 1. The summed E-state index contributed by atoms with van der Waals surface area (Å²) in [6.07, 6.45) is 2.43. The summed E-state index contributed by atoms with van der Waals surface area (Å²) >= 11 is 0. The number of aliphatic carboxylic acids is 1. The van der Waals surface area contributed by atoms with Gasteiger partial charge in [0.2, 0.25) is 5.91 Å². The Balaban J connectivity index is 2.27. The first kappa shape index (κ1) is 16.6. The standard InChI is InChI=1S/C14H19N3O4/c1-17(10-8-11-5-2-3-9-15-11)14(21)16-12(18)6-4-7-13(19)20/h2-3,5,9H,4,6-8,10H2,1H3,(H,19,20)(H,16,18,21). The zero-order valence-electron chi connectivity index (χ0n) is 11.9. The van der Waals surface area contributed by atoms with E-state index in [2.05, 4.69) is 10.3 Å². The molecule has 1 aromatic rings. The number of urea groups is 1. The maximum Gasteiger partial charge on any atom is 0.323 e. The Morgan fingerprint density at radius 1 is 1.29 bits per heavy atom. The van der Waals surface area contributed by atoms with Crippen LogP contribution < -0.4 is 5.32 Å². The zero-order chi connectivity index (χ0) is 15.7. The van der Waals surface area contributed by atoms with E-state index >= 15 is 0 Å². The summed E-state index contributed by atoms with van der Waals surface area (Å²) in [7, 11) is 1.59. The Labute approximate surface area is 123 Å². The van der Waals surface area contributed by atoms with Crippen LogP contribution in [0.2, 0.25) is 0 Å². The topological polar surface area (TPSA) is 99.6 Å². The van der Waals surface area contributed by atoms with Crippen LogP contribution in [-0.2, 0) is 16.0 Å². The molecule has 0 saturated carbocycles. The average Bonchev–Trinajstić information content (AvgIpc) is 2.45. The van der Waals surface area contributed by atoms with Crippen molar-refractivity contribution in [1.82, 2.24) is 15.2 Å². The van der Waals surface area contributed by atoms with Gasteiger partial charge in [-0.25, -0.2) is 4.79 Å². The van der Waals surface area contributed by atoms with Crippen molar-refractivity contribution in [3.05, 3.63) is 30.1 Å². The van der Waals surface area contributed by atoms with Crippen molar-refractivity contribution in [2.24, 2.45) is 0 Å². The number of carboxylic acid groups (broad SMARTS) is 1. The van der Waals surface area contributed by atoms with Crippen molar-refractivity contribution in [2.45, 2.75) is 25.7 Å². The molecular formula is C14H19N3O4. The van der Waals surface area contributed by atoms with Crippen LogP contribution in [0, 0.1) is 0 Å². The number of aromatic nitrogens is 1. The second kappa shape index (κ2) is 8.68. The van der Waals surface area contributed by atoms with Gasteiger partial charge < -0.3 is 10.0 Å². The molecule has 3 amide bonds. The fourth-order valence-corrected chi connectivity index (χ4v) is 1.61. The van der Waals surface area contributed by atoms with Gasteiger partial charge in [0.05, 0.1) is 0 Å². The van der Waals surface area contributed by atoms with Crippen LogP contribution in [-0.4, -0.2) is 46.5 Å². The first-order valence-corrected chi connectivity index (χ1v) is 6.65. The SMILES string of the molecule is CN(CCc1ccccn1)C(=O)NC(=O)CCCC(=O)O. The van der Waals surface area contributed by atoms with Gasteiger partial charge in [-0.1, -0.05) is 6.07 Å². The molecule has 0 aliphatic rings. The Kier molecular flexibility index (Phi) is 6.86. The molecule has 0 saturated heterocycles. The van der Waals surface area contributed by atoms with Gasteiger partial charge in [-0.2, -0.15) is 0 Å². The summed E-state index contributed by atoms with van der Waals surface area (Å²) in [5.74, 6) is -1.42. The Hall–Kier alpha value is -2.44. The van der Waals surface area contributed by atoms with Crippen LogP contribution in [0.5, 0.6) is 0 Å². The molecule has 0 atom stereocenters. The van der Waals surface area contributed by atoms with Crippen molar-refractivity contribution in [3.63, 3.8) is 0 Å². The first-order chi connectivity index (χ1) is 9.99. The lowest BCUT2D eigenvalue weighted by Crippen LogP contribution is -2.41. The minimum absolute atomic E-state index is 0.0200. The van der Waals surface area contributed by atoms with E-state index in [1.807, 2.05) is 18.2 Å². The Morgan fingerprint density at radius 3 is 2.67 bits per heavy atom. The van der Waals surface area contributed by atoms with E-state index in [9.17, 15) is 14.4 Å². The highest BCUT2D eigenvalue weighted by atomic mass is 16.4. The number of nitrogens with zero attached hydrogens (tertiary/aromatic N) is 2. The van der Waals surface area contributed by atoms with Crippen LogP contribution >= 0.6 is 0 Å². The number of amides is 3. The van der Waals surface area contributed by atoms with Gasteiger partial charge in [0.15, 0.2) is 0 Å². The van der Waals surface area contributed by atoms with E-state index < -0.39 is 17.9 Å². The second-order valence-electron chi connectivity index (χ2n) is 4.59. The lowest BCUT2D eigenvalue weighted by molar-refractivity contribution is -0.137. The number of rotatable bonds is 7. The number of likely N-dealkylation sites (N-methyl/N-ethyl adjacent to an activating group) is 1. The molecule has 0 fully saturated rings. The monoisotopic (exact) mass is 293 g/mol. The predicted molar refractivity (Wildman–Crippen MR) is 75.6 cm³/mol. The van der Waals surface area contributed by atoms with Crippen LogP contribution in [0.1, 0.15) is 25.0 Å². The smallest absolute Gasteiger partial charge is 0.323 e. The van der Waals surface area contributed by atoms with E-state index in [0.717, 1.165) is 5.69 Å². The molecule has 0 aromatic carbocycles. The highest BCUT2D eigenvalue weighted by Crippen LogP contribution is 1.98. The van der Waals surface area contributed by atoms with Crippen molar-refractivity contribution >= 4 is 17.9 Å². The number of hydrogen-bond acceptors (Lipinski definition) is 4. The van der Waals surface area contributed by atoms with Crippen LogP contribution in [0.3, 0.4) is 0 Å². The molecule has 0 unspecified atom stereocenters. The summed E-state index contributed by atoms with van der Waals surface area (Å²) in [6, 6.07) is 5.05. The van der Waals surface area contributed by atoms with Crippen LogP contribution in [0.15, 0.2) is 24.4 Å². The molecular weight excluding hydrogens is 274 g/mol. The average molecular weight is 293 g/mol. The summed E-state index contributed by atoms with van der Waals surface area (Å²) in [4.78, 5) is 39.0.